The molecule has 275 valence electrons. The van der Waals surface area contributed by atoms with Crippen LogP contribution in [-0.2, 0) is 26.4 Å². The Kier molecular flexibility index (Phi) is 9.99. The molecule has 0 nitrogen and oxygen atoms in total. The van der Waals surface area contributed by atoms with E-state index in [0.29, 0.717) is 0 Å². The molecule has 2 aliphatic rings. The first-order valence-electron chi connectivity index (χ1n) is 19.4. The van der Waals surface area contributed by atoms with Gasteiger partial charge in [0.1, 0.15) is 0 Å². The van der Waals surface area contributed by atoms with Gasteiger partial charge in [-0.25, -0.2) is 0 Å². The Morgan fingerprint density at radius 2 is 0.769 bits per heavy atom. The topological polar surface area (TPSA) is 0 Å². The van der Waals surface area contributed by atoms with Crippen molar-refractivity contribution in [1.29, 1.82) is 0 Å². The SMILES string of the molecule is C[SiH](C)[Zr]([Cl])([Cl])([CH]1C(C(C)(C)C)=Cc2c(-c3ccccc3C(C)(C)C)cccc21)[CH]1C(C(C)(C)C)=Cc2c(-c3ccccc3C(C)(C)C)cccc21. The maximum atomic E-state index is 8.96. The molecule has 52 heavy (non-hydrogen) atoms. The first-order valence-corrected chi connectivity index (χ1v) is 35.7. The van der Waals surface area contributed by atoms with E-state index in [-0.39, 0.29) is 28.9 Å². The third kappa shape index (κ3) is 6.48. The number of hydrogen-bond donors (Lipinski definition) is 0. The van der Waals surface area contributed by atoms with Gasteiger partial charge in [0.05, 0.1) is 0 Å². The molecule has 4 heteroatoms. The van der Waals surface area contributed by atoms with Crippen LogP contribution < -0.4 is 0 Å². The van der Waals surface area contributed by atoms with Crippen molar-refractivity contribution in [2.24, 2.45) is 10.8 Å². The second-order valence-electron chi connectivity index (χ2n) is 20.2. The molecule has 4 aromatic rings. The Morgan fingerprint density at radius 1 is 0.442 bits per heavy atom. The zero-order chi connectivity index (χ0) is 38.4. The van der Waals surface area contributed by atoms with Crippen LogP contribution in [0.15, 0.2) is 96.1 Å². The molecule has 0 spiro atoms. The van der Waals surface area contributed by atoms with Crippen LogP contribution in [0.2, 0.25) is 13.1 Å². The van der Waals surface area contributed by atoms with Gasteiger partial charge in [-0.3, -0.25) is 0 Å². The van der Waals surface area contributed by atoms with Crippen LogP contribution in [0.4, 0.5) is 0 Å². The summed E-state index contributed by atoms with van der Waals surface area (Å²) in [5.41, 5.74) is 15.9. The molecule has 0 fully saturated rings. The van der Waals surface area contributed by atoms with Crippen LogP contribution in [0.5, 0.6) is 0 Å². The van der Waals surface area contributed by atoms with Gasteiger partial charge >= 0.3 is 327 Å². The van der Waals surface area contributed by atoms with Crippen molar-refractivity contribution < 1.29 is 15.6 Å². The van der Waals surface area contributed by atoms with Crippen molar-refractivity contribution in [3.8, 4) is 22.3 Å². The summed E-state index contributed by atoms with van der Waals surface area (Å²) in [6.45, 7) is 33.1. The number of fused-ring (bicyclic) bond motifs is 2. The zero-order valence-corrected chi connectivity index (χ0v) is 39.4. The van der Waals surface area contributed by atoms with E-state index < -0.39 is 21.5 Å². The molecule has 0 aliphatic heterocycles. The molecule has 2 unspecified atom stereocenters. The summed E-state index contributed by atoms with van der Waals surface area (Å²) in [5, 5.41) is 0. The van der Waals surface area contributed by atoms with E-state index >= 15 is 0 Å². The van der Waals surface area contributed by atoms with Gasteiger partial charge < -0.3 is 0 Å². The number of benzene rings is 4. The van der Waals surface area contributed by atoms with Gasteiger partial charge in [0.15, 0.2) is 0 Å². The van der Waals surface area contributed by atoms with Crippen LogP contribution in [-0.4, -0.2) is 5.92 Å². The fourth-order valence-corrected chi connectivity index (χ4v) is 40.8. The van der Waals surface area contributed by atoms with E-state index in [9.17, 15) is 0 Å². The van der Waals surface area contributed by atoms with Crippen molar-refractivity contribution >= 4 is 35.1 Å². The quantitative estimate of drug-likeness (QED) is 0.176. The molecule has 0 N–H and O–H groups in total. The van der Waals surface area contributed by atoms with Gasteiger partial charge in [-0.15, -0.1) is 0 Å². The monoisotopic (exact) mass is 825 g/mol. The maximum absolute atomic E-state index is 8.96. The molecule has 2 atom stereocenters. The van der Waals surface area contributed by atoms with E-state index in [2.05, 4.69) is 193 Å². The Labute approximate surface area is 324 Å². The number of rotatable bonds is 5. The Balaban J connectivity index is 1.68. The average Bonchev–Trinajstić information content (AvgIpc) is 3.65. The number of allylic oxidation sites excluding steroid dienone is 2. The van der Waals surface area contributed by atoms with E-state index in [0.717, 1.165) is 0 Å². The Morgan fingerprint density at radius 3 is 1.08 bits per heavy atom. The summed E-state index contributed by atoms with van der Waals surface area (Å²) < 4.78 is 0.0285. The number of hydrogen-bond acceptors (Lipinski definition) is 0. The first-order chi connectivity index (χ1) is 23.9. The van der Waals surface area contributed by atoms with Crippen molar-refractivity contribution in [1.82, 2.24) is 0 Å². The van der Waals surface area contributed by atoms with Gasteiger partial charge in [0.2, 0.25) is 0 Å². The third-order valence-electron chi connectivity index (χ3n) is 12.1. The molecule has 0 amide bonds. The van der Waals surface area contributed by atoms with E-state index in [1.54, 1.807) is 0 Å². The fourth-order valence-electron chi connectivity index (χ4n) is 9.34. The molecule has 6 rings (SSSR count). The van der Waals surface area contributed by atoms with Crippen LogP contribution in [0.25, 0.3) is 34.4 Å². The van der Waals surface area contributed by atoms with Crippen molar-refractivity contribution in [2.45, 2.75) is 114 Å². The third-order valence-corrected chi connectivity index (χ3v) is 63.7. The van der Waals surface area contributed by atoms with Crippen molar-refractivity contribution in [3.05, 3.63) is 129 Å². The van der Waals surface area contributed by atoms with Crippen molar-refractivity contribution in [3.63, 3.8) is 0 Å². The van der Waals surface area contributed by atoms with Gasteiger partial charge in [-0.05, 0) is 0 Å². The molecular weight excluding hydrogens is 767 g/mol. The summed E-state index contributed by atoms with van der Waals surface area (Å²) in [5.74, 6) is -1.75. The normalized spacial score (nSPS) is 18.8. The average molecular weight is 828 g/mol. The van der Waals surface area contributed by atoms with E-state index in [1.165, 1.54) is 66.8 Å². The molecule has 4 aromatic carbocycles. The second-order valence-corrected chi connectivity index (χ2v) is 62.7. The molecular formula is C48H61Cl2SiZr. The van der Waals surface area contributed by atoms with Gasteiger partial charge in [-0.1, -0.05) is 0 Å². The van der Waals surface area contributed by atoms with Crippen LogP contribution in [0.1, 0.15) is 124 Å². The van der Waals surface area contributed by atoms with Crippen LogP contribution >= 0.6 is 17.0 Å². The van der Waals surface area contributed by atoms with E-state index in [4.69, 9.17) is 17.0 Å². The summed E-state index contributed by atoms with van der Waals surface area (Å²) >= 11 is -5.08. The summed E-state index contributed by atoms with van der Waals surface area (Å²) in [4.78, 5) is 0. The van der Waals surface area contributed by atoms with Crippen LogP contribution in [0.3, 0.4) is 0 Å². The molecule has 0 saturated carbocycles. The zero-order valence-electron chi connectivity index (χ0n) is 34.2. The Bertz CT molecular complexity index is 1960. The summed E-state index contributed by atoms with van der Waals surface area (Å²) in [7, 11) is 17.9. The summed E-state index contributed by atoms with van der Waals surface area (Å²) in [6, 6.07) is 31.9. The van der Waals surface area contributed by atoms with Gasteiger partial charge in [0.25, 0.3) is 0 Å². The second kappa shape index (κ2) is 13.1. The Hall–Kier alpha value is -1.96. The molecule has 0 radical (unpaired) electrons. The number of halogens is 2. The minimum atomic E-state index is -5.08. The predicted octanol–water partition coefficient (Wildman–Crippen LogP) is 15.3. The molecule has 0 heterocycles. The predicted molar refractivity (Wildman–Crippen MR) is 232 cm³/mol. The first kappa shape index (κ1) is 39.7. The van der Waals surface area contributed by atoms with Gasteiger partial charge in [0, 0.05) is 0 Å². The van der Waals surface area contributed by atoms with Gasteiger partial charge in [-0.2, -0.15) is 0 Å². The summed E-state index contributed by atoms with van der Waals surface area (Å²) in [6.07, 6.45) is 5.05. The molecule has 0 bridgehead atoms. The van der Waals surface area contributed by atoms with E-state index in [1.807, 2.05) is 0 Å². The molecule has 0 aromatic heterocycles. The molecule has 2 aliphatic carbocycles. The standard InChI is InChI=1S/2C23H27.C2H7Si.2ClH.Zr/c2*1-22(2,3)17-14-16-10-9-12-18(20(16)15-17)19-11-7-8-13-21(19)23(4,5)6;1-3-2;;;/h2*7-15H,1-6H3;3H,1-2H3;2*1H;/q;;;;;+2/p-2. The minimum absolute atomic E-state index is 0.00514. The van der Waals surface area contributed by atoms with Crippen LogP contribution in [0, 0.1) is 10.8 Å². The van der Waals surface area contributed by atoms with Crippen molar-refractivity contribution in [2.75, 3.05) is 0 Å². The molecule has 0 saturated heterocycles. The fraction of sp³-hybridized carbons (Fsp3) is 0.417.